The predicted octanol–water partition coefficient (Wildman–Crippen LogP) is 4.95. The van der Waals surface area contributed by atoms with E-state index in [1.165, 1.54) is 28.8 Å². The Morgan fingerprint density at radius 3 is 2.68 bits per heavy atom. The van der Waals surface area contributed by atoms with E-state index in [0.29, 0.717) is 11.6 Å². The number of carbonyl (C=O) groups is 1. The molecule has 3 nitrogen and oxygen atoms in total. The number of unbranched alkanes of at least 4 members (excludes halogenated alkanes) is 3. The maximum absolute atomic E-state index is 11.8. The Morgan fingerprint density at radius 2 is 1.95 bits per heavy atom. The van der Waals surface area contributed by atoms with Crippen LogP contribution in [0.3, 0.4) is 0 Å². The molecule has 22 heavy (non-hydrogen) atoms. The molecule has 0 aliphatic rings. The molecule has 2 rings (SSSR count). The van der Waals surface area contributed by atoms with Crippen molar-refractivity contribution in [3.05, 3.63) is 46.5 Å². The van der Waals surface area contributed by atoms with Crippen molar-refractivity contribution in [2.45, 2.75) is 52.4 Å². The van der Waals surface area contributed by atoms with E-state index in [0.717, 1.165) is 19.3 Å². The molecular weight excluding hydrogens is 292 g/mol. The van der Waals surface area contributed by atoms with Gasteiger partial charge in [-0.3, -0.25) is 4.79 Å². The minimum Gasteiger partial charge on any atom is -0.302 e. The van der Waals surface area contributed by atoms with Crippen molar-refractivity contribution >= 4 is 22.4 Å². The van der Waals surface area contributed by atoms with Crippen LogP contribution in [0.5, 0.6) is 0 Å². The molecule has 0 bridgehead atoms. The zero-order valence-corrected chi connectivity index (χ0v) is 14.2. The van der Waals surface area contributed by atoms with Crippen molar-refractivity contribution in [2.75, 3.05) is 5.32 Å². The van der Waals surface area contributed by atoms with Crippen LogP contribution in [0, 0.1) is 6.92 Å². The van der Waals surface area contributed by atoms with Gasteiger partial charge in [0.2, 0.25) is 5.91 Å². The van der Waals surface area contributed by atoms with E-state index in [4.69, 9.17) is 0 Å². The first kappa shape index (κ1) is 16.7. The van der Waals surface area contributed by atoms with Crippen LogP contribution in [0.25, 0.3) is 0 Å². The monoisotopic (exact) mass is 316 g/mol. The first-order valence-corrected chi connectivity index (χ1v) is 8.79. The molecular formula is C18H24N2OS. The number of hydrogen-bond acceptors (Lipinski definition) is 3. The van der Waals surface area contributed by atoms with Crippen molar-refractivity contribution in [3.8, 4) is 0 Å². The van der Waals surface area contributed by atoms with E-state index in [-0.39, 0.29) is 5.91 Å². The number of aromatic nitrogens is 1. The smallest absolute Gasteiger partial charge is 0.226 e. The Hall–Kier alpha value is -1.68. The lowest BCUT2D eigenvalue weighted by atomic mass is 10.1. The van der Waals surface area contributed by atoms with Crippen LogP contribution < -0.4 is 5.32 Å². The van der Waals surface area contributed by atoms with Gasteiger partial charge in [0.05, 0.1) is 0 Å². The van der Waals surface area contributed by atoms with Crippen molar-refractivity contribution in [2.24, 2.45) is 0 Å². The third-order valence-electron chi connectivity index (χ3n) is 3.56. The normalized spacial score (nSPS) is 10.6. The van der Waals surface area contributed by atoms with Crippen molar-refractivity contribution in [3.63, 3.8) is 0 Å². The molecule has 1 heterocycles. The topological polar surface area (TPSA) is 42.0 Å². The molecule has 0 saturated heterocycles. The van der Waals surface area contributed by atoms with E-state index in [1.54, 1.807) is 11.3 Å². The van der Waals surface area contributed by atoms with Gasteiger partial charge >= 0.3 is 0 Å². The average molecular weight is 316 g/mol. The standard InChI is InChI=1S/C18H24N2OS/c1-3-4-5-6-7-17(21)20-18-19-13-16(22-18)12-15-10-8-14(2)9-11-15/h8-11,13H,3-7,12H2,1-2H3,(H,19,20,21). The van der Waals surface area contributed by atoms with Crippen LogP contribution in [0.15, 0.2) is 30.5 Å². The Kier molecular flexibility index (Phi) is 6.59. The predicted molar refractivity (Wildman–Crippen MR) is 93.5 cm³/mol. The summed E-state index contributed by atoms with van der Waals surface area (Å²) >= 11 is 1.56. The number of hydrogen-bond donors (Lipinski definition) is 1. The number of benzene rings is 1. The molecule has 0 aliphatic carbocycles. The van der Waals surface area contributed by atoms with Crippen molar-refractivity contribution < 1.29 is 4.79 Å². The number of nitrogens with one attached hydrogen (secondary N) is 1. The van der Waals surface area contributed by atoms with Gasteiger partial charge in [0.25, 0.3) is 0 Å². The second-order valence-electron chi connectivity index (χ2n) is 5.65. The largest absolute Gasteiger partial charge is 0.302 e. The SMILES string of the molecule is CCCCCCC(=O)Nc1ncc(Cc2ccc(C)cc2)s1. The quantitative estimate of drug-likeness (QED) is 0.700. The van der Waals surface area contributed by atoms with Gasteiger partial charge in [-0.05, 0) is 18.9 Å². The molecule has 0 atom stereocenters. The molecule has 1 amide bonds. The third kappa shape index (κ3) is 5.60. The fraction of sp³-hybridized carbons (Fsp3) is 0.444. The van der Waals surface area contributed by atoms with Gasteiger partial charge in [-0.2, -0.15) is 0 Å². The highest BCUT2D eigenvalue weighted by molar-refractivity contribution is 7.15. The Balaban J connectivity index is 1.80. The van der Waals surface area contributed by atoms with E-state index >= 15 is 0 Å². The van der Waals surface area contributed by atoms with Crippen LogP contribution in [-0.4, -0.2) is 10.9 Å². The maximum atomic E-state index is 11.8. The number of thiazole rings is 1. The summed E-state index contributed by atoms with van der Waals surface area (Å²) in [5, 5.41) is 3.61. The molecule has 0 fully saturated rings. The molecule has 4 heteroatoms. The number of aryl methyl sites for hydroxylation is 1. The minimum atomic E-state index is 0.0762. The van der Waals surface area contributed by atoms with Crippen LogP contribution >= 0.6 is 11.3 Å². The molecule has 1 aromatic heterocycles. The van der Waals surface area contributed by atoms with Crippen LogP contribution in [-0.2, 0) is 11.2 Å². The second kappa shape index (κ2) is 8.69. The summed E-state index contributed by atoms with van der Waals surface area (Å²) in [6.45, 7) is 4.26. The zero-order valence-electron chi connectivity index (χ0n) is 13.4. The van der Waals surface area contributed by atoms with Crippen molar-refractivity contribution in [1.29, 1.82) is 0 Å². The van der Waals surface area contributed by atoms with E-state index in [1.807, 2.05) is 6.20 Å². The highest BCUT2D eigenvalue weighted by Crippen LogP contribution is 2.21. The van der Waals surface area contributed by atoms with Crippen LogP contribution in [0.1, 0.15) is 55.0 Å². The van der Waals surface area contributed by atoms with Gasteiger partial charge in [0.15, 0.2) is 5.13 Å². The van der Waals surface area contributed by atoms with Crippen LogP contribution in [0.2, 0.25) is 0 Å². The zero-order chi connectivity index (χ0) is 15.8. The summed E-state index contributed by atoms with van der Waals surface area (Å²) in [5.41, 5.74) is 2.54. The molecule has 0 unspecified atom stereocenters. The number of amides is 1. The lowest BCUT2D eigenvalue weighted by molar-refractivity contribution is -0.116. The first-order chi connectivity index (χ1) is 10.7. The van der Waals surface area contributed by atoms with Crippen molar-refractivity contribution in [1.82, 2.24) is 4.98 Å². The molecule has 2 aromatic rings. The Bertz CT molecular complexity index is 589. The summed E-state index contributed by atoms with van der Waals surface area (Å²) in [7, 11) is 0. The Labute approximate surface area is 136 Å². The fourth-order valence-electron chi connectivity index (χ4n) is 2.25. The minimum absolute atomic E-state index is 0.0762. The average Bonchev–Trinajstić information content (AvgIpc) is 2.93. The number of nitrogens with zero attached hydrogens (tertiary/aromatic N) is 1. The lowest BCUT2D eigenvalue weighted by Gasteiger charge is -2.01. The fourth-order valence-corrected chi connectivity index (χ4v) is 3.11. The van der Waals surface area contributed by atoms with Gasteiger partial charge in [-0.25, -0.2) is 4.98 Å². The van der Waals surface area contributed by atoms with Crippen LogP contribution in [0.4, 0.5) is 5.13 Å². The van der Waals surface area contributed by atoms with Gasteiger partial charge in [-0.1, -0.05) is 56.0 Å². The lowest BCUT2D eigenvalue weighted by Crippen LogP contribution is -2.10. The van der Waals surface area contributed by atoms with Gasteiger partial charge in [0, 0.05) is 23.9 Å². The molecule has 0 saturated carbocycles. The molecule has 0 spiro atoms. The summed E-state index contributed by atoms with van der Waals surface area (Å²) in [5.74, 6) is 0.0762. The molecule has 0 aliphatic heterocycles. The highest BCUT2D eigenvalue weighted by atomic mass is 32.1. The Morgan fingerprint density at radius 1 is 1.18 bits per heavy atom. The number of carbonyl (C=O) groups excluding carboxylic acids is 1. The van der Waals surface area contributed by atoms with E-state index in [9.17, 15) is 4.79 Å². The number of anilines is 1. The van der Waals surface area contributed by atoms with E-state index < -0.39 is 0 Å². The first-order valence-electron chi connectivity index (χ1n) is 7.97. The third-order valence-corrected chi connectivity index (χ3v) is 4.47. The molecule has 1 aromatic carbocycles. The maximum Gasteiger partial charge on any atom is 0.226 e. The summed E-state index contributed by atoms with van der Waals surface area (Å²) in [6.07, 6.45) is 7.79. The summed E-state index contributed by atoms with van der Waals surface area (Å²) in [4.78, 5) is 17.3. The number of rotatable bonds is 8. The molecule has 1 N–H and O–H groups in total. The van der Waals surface area contributed by atoms with Gasteiger partial charge < -0.3 is 5.32 Å². The second-order valence-corrected chi connectivity index (χ2v) is 6.77. The molecule has 0 radical (unpaired) electrons. The van der Waals surface area contributed by atoms with Gasteiger partial charge in [-0.15, -0.1) is 11.3 Å². The molecule has 118 valence electrons. The highest BCUT2D eigenvalue weighted by Gasteiger charge is 2.07. The van der Waals surface area contributed by atoms with Gasteiger partial charge in [0.1, 0.15) is 0 Å². The summed E-state index contributed by atoms with van der Waals surface area (Å²) < 4.78 is 0. The van der Waals surface area contributed by atoms with E-state index in [2.05, 4.69) is 48.4 Å². The summed E-state index contributed by atoms with van der Waals surface area (Å²) in [6, 6.07) is 8.52.